The lowest BCUT2D eigenvalue weighted by Crippen LogP contribution is -2.47. The fraction of sp³-hybridized carbons (Fsp3) is 0.364. The highest BCUT2D eigenvalue weighted by Crippen LogP contribution is 2.43. The molecule has 1 atom stereocenters. The molecular formula is C11H9F4NO2. The number of hydrogen-bond acceptors (Lipinski definition) is 2. The number of rotatable bonds is 3. The summed E-state index contributed by atoms with van der Waals surface area (Å²) >= 11 is 0. The molecule has 7 heteroatoms. The van der Waals surface area contributed by atoms with E-state index >= 15 is 0 Å². The smallest absolute Gasteiger partial charge is 0.351 e. The number of amides is 1. The zero-order valence-corrected chi connectivity index (χ0v) is 9.05. The summed E-state index contributed by atoms with van der Waals surface area (Å²) in [7, 11) is 0. The molecule has 1 N–H and O–H groups in total. The number of benzene rings is 1. The molecule has 0 spiro atoms. The Labute approximate surface area is 99.7 Å². The fourth-order valence-electron chi connectivity index (χ4n) is 1.42. The van der Waals surface area contributed by atoms with Crippen molar-refractivity contribution in [1.82, 2.24) is 5.32 Å². The predicted octanol–water partition coefficient (Wildman–Crippen LogP) is 1.77. The average Bonchev–Trinajstić information content (AvgIpc) is 3.08. The summed E-state index contributed by atoms with van der Waals surface area (Å²) in [6, 6.07) is 5.08. The lowest BCUT2D eigenvalue weighted by molar-refractivity contribution is -0.189. The first-order valence-corrected chi connectivity index (χ1v) is 5.08. The van der Waals surface area contributed by atoms with E-state index < -0.39 is 30.1 Å². The SMILES string of the molecule is O=C(NCc1ccc(F)cc1)[C@@]1(C(F)(F)F)CO1. The van der Waals surface area contributed by atoms with Crippen molar-refractivity contribution < 1.29 is 27.1 Å². The second-order valence-corrected chi connectivity index (χ2v) is 3.92. The van der Waals surface area contributed by atoms with E-state index in [1.54, 1.807) is 0 Å². The van der Waals surface area contributed by atoms with Gasteiger partial charge in [-0.25, -0.2) is 4.39 Å². The van der Waals surface area contributed by atoms with Gasteiger partial charge in [0.2, 0.25) is 0 Å². The Morgan fingerprint density at radius 3 is 2.33 bits per heavy atom. The van der Waals surface area contributed by atoms with Crippen LogP contribution in [0.15, 0.2) is 24.3 Å². The maximum absolute atomic E-state index is 12.6. The van der Waals surface area contributed by atoms with Gasteiger partial charge in [-0.15, -0.1) is 0 Å². The number of alkyl halides is 3. The first-order valence-electron chi connectivity index (χ1n) is 5.08. The van der Waals surface area contributed by atoms with E-state index in [4.69, 9.17) is 0 Å². The van der Waals surface area contributed by atoms with Gasteiger partial charge in [-0.05, 0) is 17.7 Å². The van der Waals surface area contributed by atoms with Gasteiger partial charge < -0.3 is 10.1 Å². The predicted molar refractivity (Wildman–Crippen MR) is 53.0 cm³/mol. The van der Waals surface area contributed by atoms with Gasteiger partial charge in [0, 0.05) is 6.54 Å². The van der Waals surface area contributed by atoms with Crippen LogP contribution in [0.25, 0.3) is 0 Å². The fourth-order valence-corrected chi connectivity index (χ4v) is 1.42. The molecule has 0 unspecified atom stereocenters. The average molecular weight is 263 g/mol. The number of hydrogen-bond donors (Lipinski definition) is 1. The molecule has 1 heterocycles. The topological polar surface area (TPSA) is 41.6 Å². The van der Waals surface area contributed by atoms with Crippen LogP contribution in [0.5, 0.6) is 0 Å². The van der Waals surface area contributed by atoms with E-state index in [1.165, 1.54) is 12.1 Å². The first kappa shape index (κ1) is 12.8. The minimum absolute atomic E-state index is 0.111. The van der Waals surface area contributed by atoms with Crippen LogP contribution < -0.4 is 5.32 Å². The summed E-state index contributed by atoms with van der Waals surface area (Å²) < 4.78 is 54.3. The number of epoxide rings is 1. The molecule has 0 bridgehead atoms. The van der Waals surface area contributed by atoms with E-state index in [-0.39, 0.29) is 6.54 Å². The number of halogens is 4. The molecule has 0 radical (unpaired) electrons. The van der Waals surface area contributed by atoms with Crippen LogP contribution in [-0.2, 0) is 16.1 Å². The quantitative estimate of drug-likeness (QED) is 0.667. The Morgan fingerprint density at radius 2 is 1.89 bits per heavy atom. The summed E-state index contributed by atoms with van der Waals surface area (Å²) in [6.45, 7) is -0.772. The molecule has 1 aromatic rings. The minimum Gasteiger partial charge on any atom is -0.351 e. The highest BCUT2D eigenvalue weighted by atomic mass is 19.4. The second kappa shape index (κ2) is 4.24. The lowest BCUT2D eigenvalue weighted by atomic mass is 10.1. The van der Waals surface area contributed by atoms with Crippen LogP contribution >= 0.6 is 0 Å². The van der Waals surface area contributed by atoms with E-state index in [1.807, 2.05) is 0 Å². The normalized spacial score (nSPS) is 22.7. The molecule has 3 nitrogen and oxygen atoms in total. The minimum atomic E-state index is -4.72. The third-order valence-electron chi connectivity index (χ3n) is 2.62. The zero-order chi connectivity index (χ0) is 13.4. The number of carbonyl (C=O) groups excluding carboxylic acids is 1. The standard InChI is InChI=1S/C11H9F4NO2/c12-8-3-1-7(2-4-8)5-16-9(17)10(6-18-10)11(13,14)15/h1-4H,5-6H2,(H,16,17)/t10-/m1/s1. The molecule has 1 aliphatic heterocycles. The third kappa shape index (κ3) is 2.31. The van der Waals surface area contributed by atoms with E-state index in [0.29, 0.717) is 5.56 Å². The Bertz CT molecular complexity index is 451. The molecule has 98 valence electrons. The van der Waals surface area contributed by atoms with Crippen LogP contribution in [-0.4, -0.2) is 24.3 Å². The maximum atomic E-state index is 12.6. The van der Waals surface area contributed by atoms with Gasteiger partial charge in [-0.3, -0.25) is 4.79 Å². The largest absolute Gasteiger partial charge is 0.428 e. The molecule has 0 saturated carbocycles. The van der Waals surface area contributed by atoms with Crippen LogP contribution in [0.4, 0.5) is 17.6 Å². The molecule has 18 heavy (non-hydrogen) atoms. The molecule has 2 rings (SSSR count). The highest BCUT2D eigenvalue weighted by Gasteiger charge is 2.71. The molecular weight excluding hydrogens is 254 g/mol. The van der Waals surface area contributed by atoms with Crippen molar-refractivity contribution in [2.24, 2.45) is 0 Å². The van der Waals surface area contributed by atoms with Gasteiger partial charge in [0.15, 0.2) is 0 Å². The van der Waals surface area contributed by atoms with Crippen molar-refractivity contribution in [2.45, 2.75) is 18.3 Å². The lowest BCUT2D eigenvalue weighted by Gasteiger charge is -2.15. The monoisotopic (exact) mass is 263 g/mol. The van der Waals surface area contributed by atoms with Gasteiger partial charge >= 0.3 is 6.18 Å². The zero-order valence-electron chi connectivity index (χ0n) is 9.05. The summed E-state index contributed by atoms with van der Waals surface area (Å²) in [5, 5.41) is 2.12. The van der Waals surface area contributed by atoms with Gasteiger partial charge in [0.1, 0.15) is 5.82 Å². The van der Waals surface area contributed by atoms with Gasteiger partial charge in [0.25, 0.3) is 11.5 Å². The molecule has 0 aromatic heterocycles. The Balaban J connectivity index is 1.95. The van der Waals surface area contributed by atoms with Crippen molar-refractivity contribution in [3.05, 3.63) is 35.6 Å². The van der Waals surface area contributed by atoms with Crippen LogP contribution in [0.3, 0.4) is 0 Å². The van der Waals surface area contributed by atoms with Crippen LogP contribution in [0, 0.1) is 5.82 Å². The van der Waals surface area contributed by atoms with Crippen molar-refractivity contribution in [2.75, 3.05) is 6.61 Å². The first-order chi connectivity index (χ1) is 8.35. The molecule has 1 saturated heterocycles. The number of carbonyl (C=O) groups is 1. The number of ether oxygens (including phenoxy) is 1. The third-order valence-corrected chi connectivity index (χ3v) is 2.62. The molecule has 1 amide bonds. The van der Waals surface area contributed by atoms with Crippen LogP contribution in [0.2, 0.25) is 0 Å². The van der Waals surface area contributed by atoms with Gasteiger partial charge in [-0.1, -0.05) is 12.1 Å². The highest BCUT2D eigenvalue weighted by molar-refractivity contribution is 5.88. The van der Waals surface area contributed by atoms with Crippen molar-refractivity contribution in [3.63, 3.8) is 0 Å². The Morgan fingerprint density at radius 1 is 1.33 bits per heavy atom. The second-order valence-electron chi connectivity index (χ2n) is 3.92. The van der Waals surface area contributed by atoms with Gasteiger partial charge in [0.05, 0.1) is 6.61 Å². The van der Waals surface area contributed by atoms with Crippen molar-refractivity contribution in [1.29, 1.82) is 0 Å². The Hall–Kier alpha value is -1.63. The summed E-state index contributed by atoms with van der Waals surface area (Å²) in [4.78, 5) is 11.4. The number of nitrogens with one attached hydrogen (secondary N) is 1. The van der Waals surface area contributed by atoms with Gasteiger partial charge in [-0.2, -0.15) is 13.2 Å². The molecule has 1 aliphatic rings. The Kier molecular flexibility index (Phi) is 3.02. The van der Waals surface area contributed by atoms with Crippen molar-refractivity contribution in [3.8, 4) is 0 Å². The molecule has 1 fully saturated rings. The summed E-state index contributed by atoms with van der Waals surface area (Å²) in [6.07, 6.45) is -4.72. The summed E-state index contributed by atoms with van der Waals surface area (Å²) in [5.74, 6) is -1.68. The van der Waals surface area contributed by atoms with Crippen LogP contribution in [0.1, 0.15) is 5.56 Å². The molecule has 1 aromatic carbocycles. The van der Waals surface area contributed by atoms with E-state index in [2.05, 4.69) is 10.1 Å². The van der Waals surface area contributed by atoms with E-state index in [0.717, 1.165) is 12.1 Å². The summed E-state index contributed by atoms with van der Waals surface area (Å²) in [5.41, 5.74) is -2.20. The van der Waals surface area contributed by atoms with E-state index in [9.17, 15) is 22.4 Å². The maximum Gasteiger partial charge on any atom is 0.428 e. The van der Waals surface area contributed by atoms with Crippen molar-refractivity contribution >= 4 is 5.91 Å². The molecule has 0 aliphatic carbocycles.